The summed E-state index contributed by atoms with van der Waals surface area (Å²) in [6.45, 7) is 3.52. The number of nitrogens with zero attached hydrogens (tertiary/aromatic N) is 6. The van der Waals surface area contributed by atoms with Crippen LogP contribution in [0.5, 0.6) is 0 Å². The molecule has 0 aromatic carbocycles. The van der Waals surface area contributed by atoms with Gasteiger partial charge in [0.05, 0.1) is 29.2 Å². The van der Waals surface area contributed by atoms with Crippen molar-refractivity contribution in [3.8, 4) is 11.3 Å². The number of rotatable bonds is 4. The predicted molar refractivity (Wildman–Crippen MR) is 86.4 cm³/mol. The van der Waals surface area contributed by atoms with Crippen molar-refractivity contribution >= 4 is 12.1 Å². The normalized spacial score (nSPS) is 11.4. The summed E-state index contributed by atoms with van der Waals surface area (Å²) in [4.78, 5) is 12.1. The summed E-state index contributed by atoms with van der Waals surface area (Å²) in [7, 11) is 3.28. The average molecular weight is 345 g/mol. The average Bonchev–Trinajstić information content (AvgIpc) is 3.24. The SMILES string of the molecule is Cc1nn(C)c(F)c1/C=N\NC(=O)c1cc(-c2cnn(C)c2C)on1. The first kappa shape index (κ1) is 16.6. The van der Waals surface area contributed by atoms with Crippen LogP contribution in [0.15, 0.2) is 21.9 Å². The molecule has 0 unspecified atom stereocenters. The second-order valence-electron chi connectivity index (χ2n) is 5.46. The molecule has 0 aliphatic heterocycles. The zero-order valence-corrected chi connectivity index (χ0v) is 14.1. The van der Waals surface area contributed by atoms with Crippen LogP contribution in [0.2, 0.25) is 0 Å². The minimum Gasteiger partial charge on any atom is -0.355 e. The topological polar surface area (TPSA) is 103 Å². The molecule has 0 atom stereocenters. The van der Waals surface area contributed by atoms with E-state index in [4.69, 9.17) is 4.52 Å². The summed E-state index contributed by atoms with van der Waals surface area (Å²) in [5, 5.41) is 15.5. The molecule has 0 saturated heterocycles. The summed E-state index contributed by atoms with van der Waals surface area (Å²) in [6, 6.07) is 1.49. The highest BCUT2D eigenvalue weighted by Crippen LogP contribution is 2.23. The van der Waals surface area contributed by atoms with E-state index in [-0.39, 0.29) is 11.3 Å². The zero-order valence-electron chi connectivity index (χ0n) is 14.1. The third-order valence-electron chi connectivity index (χ3n) is 3.80. The van der Waals surface area contributed by atoms with E-state index < -0.39 is 11.9 Å². The number of nitrogens with one attached hydrogen (secondary N) is 1. The Balaban J connectivity index is 1.72. The number of hydrazone groups is 1. The Bertz CT molecular complexity index is 967. The van der Waals surface area contributed by atoms with Gasteiger partial charge in [0.2, 0.25) is 5.95 Å². The molecule has 0 saturated carbocycles. The summed E-state index contributed by atoms with van der Waals surface area (Å²) >= 11 is 0. The van der Waals surface area contributed by atoms with Gasteiger partial charge >= 0.3 is 0 Å². The molecule has 3 aromatic heterocycles. The van der Waals surface area contributed by atoms with Gasteiger partial charge in [-0.3, -0.25) is 9.48 Å². The van der Waals surface area contributed by atoms with E-state index in [1.807, 2.05) is 6.92 Å². The van der Waals surface area contributed by atoms with E-state index in [0.29, 0.717) is 11.5 Å². The van der Waals surface area contributed by atoms with Crippen molar-refractivity contribution < 1.29 is 13.7 Å². The van der Waals surface area contributed by atoms with Crippen LogP contribution in [0, 0.1) is 19.8 Å². The standard InChI is InChI=1S/C15H16FN7O2/c1-8-10(14(16)23(4)20-8)6-17-19-15(24)12-5-13(25-21-12)11-7-18-22(3)9(11)2/h5-7H,1-4H3,(H,19,24)/b17-6-. The molecule has 0 aliphatic carbocycles. The minimum atomic E-state index is -0.574. The zero-order chi connectivity index (χ0) is 18.1. The lowest BCUT2D eigenvalue weighted by Crippen LogP contribution is -2.18. The van der Waals surface area contributed by atoms with Crippen LogP contribution in [0.25, 0.3) is 11.3 Å². The van der Waals surface area contributed by atoms with Crippen molar-refractivity contribution in [1.29, 1.82) is 0 Å². The van der Waals surface area contributed by atoms with Crippen LogP contribution in [-0.2, 0) is 14.1 Å². The van der Waals surface area contributed by atoms with Gasteiger partial charge in [-0.1, -0.05) is 5.16 Å². The third-order valence-corrected chi connectivity index (χ3v) is 3.80. The highest BCUT2D eigenvalue weighted by atomic mass is 19.1. The second-order valence-corrected chi connectivity index (χ2v) is 5.46. The maximum Gasteiger partial charge on any atom is 0.293 e. The van der Waals surface area contributed by atoms with Crippen molar-refractivity contribution in [2.24, 2.45) is 19.2 Å². The van der Waals surface area contributed by atoms with Crippen molar-refractivity contribution in [3.05, 3.63) is 40.9 Å². The number of halogens is 1. The van der Waals surface area contributed by atoms with Crippen molar-refractivity contribution in [2.45, 2.75) is 13.8 Å². The van der Waals surface area contributed by atoms with Gasteiger partial charge in [-0.15, -0.1) is 0 Å². The predicted octanol–water partition coefficient (Wildman–Crippen LogP) is 1.33. The fourth-order valence-electron chi connectivity index (χ4n) is 2.26. The van der Waals surface area contributed by atoms with E-state index >= 15 is 0 Å². The van der Waals surface area contributed by atoms with Crippen LogP contribution in [0.1, 0.15) is 27.4 Å². The van der Waals surface area contributed by atoms with Crippen molar-refractivity contribution in [3.63, 3.8) is 0 Å². The van der Waals surface area contributed by atoms with E-state index in [1.54, 1.807) is 24.9 Å². The van der Waals surface area contributed by atoms with E-state index in [0.717, 1.165) is 15.9 Å². The monoisotopic (exact) mass is 345 g/mol. The Morgan fingerprint density at radius 1 is 1.36 bits per heavy atom. The first-order valence-electron chi connectivity index (χ1n) is 7.36. The maximum atomic E-state index is 13.8. The molecule has 130 valence electrons. The number of aromatic nitrogens is 5. The van der Waals surface area contributed by atoms with Crippen LogP contribution >= 0.6 is 0 Å². The largest absolute Gasteiger partial charge is 0.355 e. The highest BCUT2D eigenvalue weighted by molar-refractivity contribution is 5.94. The van der Waals surface area contributed by atoms with Gasteiger partial charge in [-0.25, -0.2) is 10.1 Å². The first-order valence-corrected chi connectivity index (χ1v) is 7.36. The second kappa shape index (κ2) is 6.30. The van der Waals surface area contributed by atoms with Crippen molar-refractivity contribution in [2.75, 3.05) is 0 Å². The molecular formula is C15H16FN7O2. The smallest absolute Gasteiger partial charge is 0.293 e. The number of carbonyl (C=O) groups is 1. The molecule has 1 amide bonds. The molecule has 9 nitrogen and oxygen atoms in total. The molecular weight excluding hydrogens is 329 g/mol. The van der Waals surface area contributed by atoms with Gasteiger partial charge < -0.3 is 4.52 Å². The molecule has 0 radical (unpaired) electrons. The lowest BCUT2D eigenvalue weighted by atomic mass is 10.2. The molecule has 0 aliphatic rings. The lowest BCUT2D eigenvalue weighted by Gasteiger charge is -1.95. The van der Waals surface area contributed by atoms with Gasteiger partial charge in [-0.05, 0) is 13.8 Å². The Labute approximate surface area is 142 Å². The molecule has 3 aromatic rings. The van der Waals surface area contributed by atoms with Crippen LogP contribution in [-0.4, -0.2) is 36.8 Å². The maximum absolute atomic E-state index is 13.8. The molecule has 0 bridgehead atoms. The lowest BCUT2D eigenvalue weighted by molar-refractivity contribution is 0.0946. The van der Waals surface area contributed by atoms with Gasteiger partial charge in [0.15, 0.2) is 11.5 Å². The number of carbonyl (C=O) groups excluding carboxylic acids is 1. The Kier molecular flexibility index (Phi) is 4.17. The van der Waals surface area contributed by atoms with Crippen LogP contribution < -0.4 is 5.43 Å². The minimum absolute atomic E-state index is 0.0544. The number of aryl methyl sites for hydroxylation is 3. The first-order chi connectivity index (χ1) is 11.9. The van der Waals surface area contributed by atoms with Crippen LogP contribution in [0.4, 0.5) is 4.39 Å². The van der Waals surface area contributed by atoms with Gasteiger partial charge in [0, 0.05) is 25.9 Å². The summed E-state index contributed by atoms with van der Waals surface area (Å²) in [5.74, 6) is -0.685. The highest BCUT2D eigenvalue weighted by Gasteiger charge is 2.16. The summed E-state index contributed by atoms with van der Waals surface area (Å²) in [6.07, 6.45) is 2.82. The van der Waals surface area contributed by atoms with Crippen LogP contribution in [0.3, 0.4) is 0 Å². The summed E-state index contributed by atoms with van der Waals surface area (Å²) in [5.41, 5.74) is 4.62. The Morgan fingerprint density at radius 2 is 2.12 bits per heavy atom. The van der Waals surface area contributed by atoms with Gasteiger partial charge in [0.1, 0.15) is 0 Å². The number of hydrogen-bond acceptors (Lipinski definition) is 6. The molecule has 3 rings (SSSR count). The van der Waals surface area contributed by atoms with E-state index in [2.05, 4.69) is 25.9 Å². The van der Waals surface area contributed by atoms with Gasteiger partial charge in [-0.2, -0.15) is 19.7 Å². The molecule has 3 heterocycles. The fraction of sp³-hybridized carbons (Fsp3) is 0.267. The molecule has 10 heteroatoms. The Morgan fingerprint density at radius 3 is 2.72 bits per heavy atom. The third kappa shape index (κ3) is 3.05. The van der Waals surface area contributed by atoms with Gasteiger partial charge in [0.25, 0.3) is 5.91 Å². The van der Waals surface area contributed by atoms with Crippen molar-refractivity contribution in [1.82, 2.24) is 30.1 Å². The Hall–Kier alpha value is -3.30. The van der Waals surface area contributed by atoms with E-state index in [9.17, 15) is 9.18 Å². The number of hydrogen-bond donors (Lipinski definition) is 1. The molecule has 25 heavy (non-hydrogen) atoms. The summed E-state index contributed by atoms with van der Waals surface area (Å²) < 4.78 is 21.7. The fourth-order valence-corrected chi connectivity index (χ4v) is 2.26. The molecule has 0 spiro atoms. The molecule has 1 N–H and O–H groups in total. The van der Waals surface area contributed by atoms with E-state index in [1.165, 1.54) is 19.3 Å². The number of amides is 1. The molecule has 0 fully saturated rings. The quantitative estimate of drug-likeness (QED) is 0.567.